The van der Waals surface area contributed by atoms with E-state index in [4.69, 9.17) is 19.2 Å². The van der Waals surface area contributed by atoms with Gasteiger partial charge in [-0.15, -0.1) is 0 Å². The molecule has 0 amide bonds. The summed E-state index contributed by atoms with van der Waals surface area (Å²) in [4.78, 5) is 31.0. The van der Waals surface area contributed by atoms with Crippen LogP contribution in [-0.2, 0) is 53.3 Å². The van der Waals surface area contributed by atoms with Crippen LogP contribution in [0.2, 0.25) is 0 Å². The standard InChI is InChI=1S/4CHO.2Mn/c4*1-2;;/h4*1H;;/q4*-1;2*+2. The third kappa shape index (κ3) is 4410. The summed E-state index contributed by atoms with van der Waals surface area (Å²) in [6, 6.07) is 0. The molecule has 0 aliphatic heterocycles. The molecule has 0 aliphatic rings. The molecule has 0 N–H and O–H groups in total. The predicted octanol–water partition coefficient (Wildman–Crippen LogP) is -1.10. The summed E-state index contributed by atoms with van der Waals surface area (Å²) >= 11 is 0. The maximum Gasteiger partial charge on any atom is 2.00 e. The second-order valence-electron chi connectivity index (χ2n) is 0. The molecule has 10 heavy (non-hydrogen) atoms. The van der Waals surface area contributed by atoms with Gasteiger partial charge in [0.2, 0.25) is 0 Å². The van der Waals surface area contributed by atoms with E-state index < -0.39 is 0 Å². The molecule has 0 atom stereocenters. The van der Waals surface area contributed by atoms with Crippen molar-refractivity contribution in [1.29, 1.82) is 0 Å². The fourth-order valence-corrected chi connectivity index (χ4v) is 0. The van der Waals surface area contributed by atoms with Crippen molar-refractivity contribution in [2.75, 3.05) is 0 Å². The van der Waals surface area contributed by atoms with Gasteiger partial charge in [-0.05, 0) is 0 Å². The van der Waals surface area contributed by atoms with Crippen LogP contribution in [0.3, 0.4) is 0 Å². The largest absolute Gasteiger partial charge is 2.00 e. The van der Waals surface area contributed by atoms with E-state index in [2.05, 4.69) is 27.2 Å². The SMILES string of the molecule is [CH-]=O.[CH-]=O.[CH-]=O.[CH-]=O.[Mn+2].[Mn+2]. The second kappa shape index (κ2) is 6580. The first-order valence-electron chi connectivity index (χ1n) is 0.943. The first-order valence-corrected chi connectivity index (χ1v) is 0.943. The molecule has 2 radical (unpaired) electrons. The number of rotatable bonds is 0. The Morgan fingerprint density at radius 1 is 0.400 bits per heavy atom. The molecule has 6 heteroatoms. The molecule has 0 spiro atoms. The molecule has 0 aromatic carbocycles. The van der Waals surface area contributed by atoms with E-state index in [0.29, 0.717) is 0 Å². The summed E-state index contributed by atoms with van der Waals surface area (Å²) in [6.45, 7) is 13.0. The van der Waals surface area contributed by atoms with Crippen molar-refractivity contribution in [2.24, 2.45) is 0 Å². The van der Waals surface area contributed by atoms with Gasteiger partial charge in [0.15, 0.2) is 0 Å². The predicted molar refractivity (Wildman–Crippen MR) is 27.0 cm³/mol. The quantitative estimate of drug-likeness (QED) is 0.298. The summed E-state index contributed by atoms with van der Waals surface area (Å²) in [5.41, 5.74) is 0. The molecule has 58 valence electrons. The summed E-state index contributed by atoms with van der Waals surface area (Å²) in [5.74, 6) is 0. The van der Waals surface area contributed by atoms with E-state index in [0.717, 1.165) is 0 Å². The van der Waals surface area contributed by atoms with E-state index in [-0.39, 0.29) is 34.1 Å². The van der Waals surface area contributed by atoms with Crippen LogP contribution in [0.5, 0.6) is 0 Å². The van der Waals surface area contributed by atoms with Crippen molar-refractivity contribution >= 4 is 27.2 Å². The Labute approximate surface area is 80.7 Å². The van der Waals surface area contributed by atoms with Crippen molar-refractivity contribution < 1.29 is 53.3 Å². The molecule has 0 saturated carbocycles. The topological polar surface area (TPSA) is 68.3 Å². The molecule has 0 unspecified atom stereocenters. The molecule has 0 saturated heterocycles. The maximum atomic E-state index is 7.75. The second-order valence-corrected chi connectivity index (χ2v) is 0. The summed E-state index contributed by atoms with van der Waals surface area (Å²) in [7, 11) is 0. The summed E-state index contributed by atoms with van der Waals surface area (Å²) < 4.78 is 0. The van der Waals surface area contributed by atoms with Crippen LogP contribution in [0.15, 0.2) is 0 Å². The van der Waals surface area contributed by atoms with Gasteiger partial charge in [-0.1, -0.05) is 0 Å². The minimum atomic E-state index is 0. The Bertz CT molecular complexity index is 23.2. The van der Waals surface area contributed by atoms with E-state index >= 15 is 0 Å². The van der Waals surface area contributed by atoms with Crippen molar-refractivity contribution in [1.82, 2.24) is 0 Å². The normalized spacial score (nSPS) is 1.60. The van der Waals surface area contributed by atoms with Crippen LogP contribution >= 0.6 is 0 Å². The summed E-state index contributed by atoms with van der Waals surface area (Å²) in [5, 5.41) is 0. The number of hydrogen-bond donors (Lipinski definition) is 0. The Hall–Kier alpha value is -0.281. The van der Waals surface area contributed by atoms with E-state index in [1.54, 1.807) is 0 Å². The van der Waals surface area contributed by atoms with Gasteiger partial charge in [-0.25, -0.2) is 0 Å². The third-order valence-electron chi connectivity index (χ3n) is 0. The fourth-order valence-electron chi connectivity index (χ4n) is 0. The molecular formula is C4H4Mn2O4. The van der Waals surface area contributed by atoms with Gasteiger partial charge >= 0.3 is 34.1 Å². The van der Waals surface area contributed by atoms with Crippen molar-refractivity contribution in [3.8, 4) is 0 Å². The zero-order chi connectivity index (χ0) is 8.00. The minimum absolute atomic E-state index is 0. The van der Waals surface area contributed by atoms with Crippen LogP contribution in [0.25, 0.3) is 0 Å². The van der Waals surface area contributed by atoms with E-state index in [1.165, 1.54) is 0 Å². The van der Waals surface area contributed by atoms with E-state index in [9.17, 15) is 0 Å². The number of carbonyl (C=O) groups excluding carboxylic acids is 4. The van der Waals surface area contributed by atoms with Gasteiger partial charge in [0.25, 0.3) is 0 Å². The van der Waals surface area contributed by atoms with E-state index in [1.807, 2.05) is 0 Å². The van der Waals surface area contributed by atoms with Crippen LogP contribution in [0, 0.1) is 0 Å². The van der Waals surface area contributed by atoms with Crippen LogP contribution in [-0.4, -0.2) is 27.2 Å². The number of hydrogen-bond acceptors (Lipinski definition) is 4. The zero-order valence-electron chi connectivity index (χ0n) is 4.70. The molecule has 0 aliphatic carbocycles. The van der Waals surface area contributed by atoms with Crippen LogP contribution in [0.4, 0.5) is 0 Å². The Morgan fingerprint density at radius 3 is 0.400 bits per heavy atom. The first kappa shape index (κ1) is 53.4. The Kier molecular flexibility index (Phi) is 35100. The molecule has 0 aromatic rings. The van der Waals surface area contributed by atoms with Gasteiger partial charge in [0.05, 0.1) is 0 Å². The molecular weight excluding hydrogens is 222 g/mol. The van der Waals surface area contributed by atoms with Crippen molar-refractivity contribution in [2.45, 2.75) is 0 Å². The molecule has 4 nitrogen and oxygen atoms in total. The third-order valence-corrected chi connectivity index (χ3v) is 0. The molecule has 0 bridgehead atoms. The maximum absolute atomic E-state index is 7.75. The smallest absolute Gasteiger partial charge is 0.545 e. The molecule has 0 rings (SSSR count). The van der Waals surface area contributed by atoms with Crippen LogP contribution in [0.1, 0.15) is 0 Å². The Balaban J connectivity index is -0.00000000500. The molecule has 0 aromatic heterocycles. The fraction of sp³-hybridized carbons (Fsp3) is 0. The van der Waals surface area contributed by atoms with Gasteiger partial charge in [-0.3, -0.25) is 27.2 Å². The van der Waals surface area contributed by atoms with Crippen molar-refractivity contribution in [3.63, 3.8) is 0 Å². The van der Waals surface area contributed by atoms with Gasteiger partial charge < -0.3 is 19.2 Å². The molecule has 0 heterocycles. The Morgan fingerprint density at radius 2 is 0.400 bits per heavy atom. The summed E-state index contributed by atoms with van der Waals surface area (Å²) in [6.07, 6.45) is 0. The van der Waals surface area contributed by atoms with Crippen molar-refractivity contribution in [3.05, 3.63) is 0 Å². The van der Waals surface area contributed by atoms with Crippen LogP contribution < -0.4 is 0 Å². The first-order chi connectivity index (χ1) is 4.00. The monoisotopic (exact) mass is 226 g/mol. The molecule has 0 fully saturated rings. The zero-order valence-corrected chi connectivity index (χ0v) is 7.06. The van der Waals surface area contributed by atoms with Gasteiger partial charge in [0.1, 0.15) is 0 Å². The minimum Gasteiger partial charge on any atom is -0.545 e. The van der Waals surface area contributed by atoms with Gasteiger partial charge in [0, 0.05) is 0 Å². The van der Waals surface area contributed by atoms with Gasteiger partial charge in [-0.2, -0.15) is 0 Å². The average Bonchev–Trinajstić information content (AvgIpc) is 2.03. The average molecular weight is 226 g/mol.